The van der Waals surface area contributed by atoms with Crippen molar-refractivity contribution < 1.29 is 76.2 Å². The number of ether oxygens (including phenoxy) is 9. The number of rotatable bonds is 31. The average Bonchev–Trinajstić information content (AvgIpc) is 3.40. The molecule has 1 saturated heterocycles. The number of carbonyl (C=O) groups excluding carboxylic acids is 7. The Bertz CT molecular complexity index is 2220. The van der Waals surface area contributed by atoms with Gasteiger partial charge in [-0.15, -0.1) is 0 Å². The zero-order chi connectivity index (χ0) is 53.7. The largest absolute Gasteiger partial charge is 0.490 e. The predicted octanol–water partition coefficient (Wildman–Crippen LogP) is 7.91. The number of amides is 3. The van der Waals surface area contributed by atoms with Crippen LogP contribution in [0.15, 0.2) is 48.5 Å². The van der Waals surface area contributed by atoms with E-state index in [2.05, 4.69) is 16.0 Å². The van der Waals surface area contributed by atoms with Crippen molar-refractivity contribution in [2.75, 3.05) is 59.5 Å². The normalized spacial score (nSPS) is 15.9. The molecule has 0 saturated carbocycles. The van der Waals surface area contributed by atoms with Gasteiger partial charge < -0.3 is 58.6 Å². The van der Waals surface area contributed by atoms with Gasteiger partial charge in [0.05, 0.1) is 56.3 Å². The summed E-state index contributed by atoms with van der Waals surface area (Å²) >= 11 is 0. The first-order valence-corrected chi connectivity index (χ1v) is 26.0. The van der Waals surface area contributed by atoms with Crippen LogP contribution in [0.1, 0.15) is 160 Å². The zero-order valence-electron chi connectivity index (χ0n) is 43.8. The van der Waals surface area contributed by atoms with Crippen LogP contribution in [-0.2, 0) is 28.6 Å². The van der Waals surface area contributed by atoms with Gasteiger partial charge >= 0.3 is 17.9 Å². The van der Waals surface area contributed by atoms with E-state index in [1.54, 1.807) is 24.3 Å². The Morgan fingerprint density at radius 1 is 0.459 bits per heavy atom. The lowest BCUT2D eigenvalue weighted by molar-refractivity contribution is -0.160. The maximum absolute atomic E-state index is 14.3. The summed E-state index contributed by atoms with van der Waals surface area (Å²) < 4.78 is 52.9. The van der Waals surface area contributed by atoms with Crippen molar-refractivity contribution in [3.05, 3.63) is 70.8 Å². The highest BCUT2D eigenvalue weighted by Crippen LogP contribution is 2.35. The summed E-state index contributed by atoms with van der Waals surface area (Å²) in [6.07, 6.45) is 9.50. The molecule has 74 heavy (non-hydrogen) atoms. The number of hydrogen-bond donors (Lipinski definition) is 3. The van der Waals surface area contributed by atoms with E-state index in [0.29, 0.717) is 56.7 Å². The highest BCUT2D eigenvalue weighted by Gasteiger charge is 2.35. The molecule has 0 spiro atoms. The van der Waals surface area contributed by atoms with Crippen LogP contribution in [0.5, 0.6) is 34.5 Å². The Morgan fingerprint density at radius 2 is 0.770 bits per heavy atom. The molecule has 3 amide bonds. The molecule has 0 aromatic heterocycles. The van der Waals surface area contributed by atoms with Gasteiger partial charge in [-0.3, -0.25) is 19.2 Å². The van der Waals surface area contributed by atoms with Gasteiger partial charge in [-0.05, 0) is 74.9 Å². The molecule has 0 radical (unpaired) electrons. The molecule has 1 heterocycles. The second kappa shape index (κ2) is 32.9. The molecule has 3 aromatic rings. The second-order valence-electron chi connectivity index (χ2n) is 17.5. The minimum atomic E-state index is -1.77. The van der Waals surface area contributed by atoms with Crippen LogP contribution in [0.3, 0.4) is 0 Å². The predicted molar refractivity (Wildman–Crippen MR) is 274 cm³/mol. The van der Waals surface area contributed by atoms with Crippen molar-refractivity contribution in [2.45, 2.75) is 137 Å². The summed E-state index contributed by atoms with van der Waals surface area (Å²) in [7, 11) is 0. The second-order valence-corrected chi connectivity index (χ2v) is 17.5. The molecule has 406 valence electrons. The number of carbonyl (C=O) groups is 7. The number of hydrogen-bond acceptors (Lipinski definition) is 16. The molecular formula is C55H75N3O16. The van der Waals surface area contributed by atoms with Crippen molar-refractivity contribution in [1.82, 2.24) is 16.0 Å². The fraction of sp³-hybridized carbons (Fsp3) is 0.545. The number of para-hydroxylation sites is 2. The van der Waals surface area contributed by atoms with E-state index in [9.17, 15) is 33.6 Å². The molecular weight excluding hydrogens is 959 g/mol. The van der Waals surface area contributed by atoms with Crippen LogP contribution in [-0.4, -0.2) is 120 Å². The standard InChI is InChI=1S/C55H75N3O16/c1-7-13-25-66-44-23-19-21-38(47(44)69-28-16-10-4)50(60)56-41-34-72-53(63)42(57-51(61)39-22-20-24-45(67-26-14-8-2)48(39)70-29-17-11-5)35-73-55(65)43(36-74-54(41)64)58-52(62)40-31-37(33-59)32-46(68-27-15-9-3)49(40)71-30-18-12-6/h19-24,31-33,41-43H,7-18,25-30,34-36H2,1-6H3,(H,56,60)(H,57,61)(H,58,62)/t41-,42-,43-/m0/s1. The summed E-state index contributed by atoms with van der Waals surface area (Å²) in [5.41, 5.74) is -0.0897. The third-order valence-electron chi connectivity index (χ3n) is 11.4. The fourth-order valence-electron chi connectivity index (χ4n) is 6.98. The van der Waals surface area contributed by atoms with Gasteiger partial charge in [0, 0.05) is 5.56 Å². The Labute approximate surface area is 434 Å². The highest BCUT2D eigenvalue weighted by atomic mass is 16.6. The maximum Gasteiger partial charge on any atom is 0.332 e. The molecule has 4 rings (SSSR count). The van der Waals surface area contributed by atoms with Crippen LogP contribution < -0.4 is 44.4 Å². The zero-order valence-corrected chi connectivity index (χ0v) is 43.8. The summed E-state index contributed by atoms with van der Waals surface area (Å²) in [5, 5.41) is 7.68. The molecule has 0 aliphatic carbocycles. The van der Waals surface area contributed by atoms with Gasteiger partial charge in [-0.25, -0.2) is 14.4 Å². The lowest BCUT2D eigenvalue weighted by Crippen LogP contribution is -2.52. The maximum atomic E-state index is 14.3. The van der Waals surface area contributed by atoms with Gasteiger partial charge in [-0.2, -0.15) is 0 Å². The van der Waals surface area contributed by atoms with Crippen molar-refractivity contribution >= 4 is 41.9 Å². The van der Waals surface area contributed by atoms with Crippen LogP contribution in [0.25, 0.3) is 0 Å². The number of esters is 3. The van der Waals surface area contributed by atoms with E-state index in [4.69, 9.17) is 42.6 Å². The van der Waals surface area contributed by atoms with Crippen molar-refractivity contribution in [1.29, 1.82) is 0 Å². The minimum absolute atomic E-state index is 0.00428. The van der Waals surface area contributed by atoms with E-state index in [1.165, 1.54) is 24.3 Å². The summed E-state index contributed by atoms with van der Waals surface area (Å²) in [4.78, 5) is 97.2. The van der Waals surface area contributed by atoms with E-state index in [0.717, 1.165) is 51.4 Å². The third-order valence-corrected chi connectivity index (χ3v) is 11.4. The average molecular weight is 1030 g/mol. The van der Waals surface area contributed by atoms with Gasteiger partial charge in [0.15, 0.2) is 52.6 Å². The van der Waals surface area contributed by atoms with Crippen LogP contribution >= 0.6 is 0 Å². The molecule has 19 nitrogen and oxygen atoms in total. The first-order chi connectivity index (χ1) is 35.9. The molecule has 1 aliphatic heterocycles. The highest BCUT2D eigenvalue weighted by molar-refractivity contribution is 6.03. The van der Waals surface area contributed by atoms with E-state index in [-0.39, 0.29) is 71.7 Å². The monoisotopic (exact) mass is 1030 g/mol. The van der Waals surface area contributed by atoms with Gasteiger partial charge in [-0.1, -0.05) is 92.2 Å². The molecule has 0 unspecified atom stereocenters. The van der Waals surface area contributed by atoms with Crippen molar-refractivity contribution in [2.24, 2.45) is 0 Å². The molecule has 3 atom stereocenters. The number of cyclic esters (lactones) is 3. The smallest absolute Gasteiger partial charge is 0.332 e. The minimum Gasteiger partial charge on any atom is -0.490 e. The SMILES string of the molecule is CCCCOc1cccc(C(=O)N[C@H]2COC(=O)[C@@H](NC(=O)c3cccc(OCCCC)c3OCCCC)COC(=O)[C@@H](NC(=O)c3cc(C=O)cc(OCCCC)c3OCCCC)COC2=O)c1OCCCC. The van der Waals surface area contributed by atoms with Crippen LogP contribution in [0.4, 0.5) is 0 Å². The molecule has 1 fully saturated rings. The van der Waals surface area contributed by atoms with E-state index in [1.807, 2.05) is 41.5 Å². The number of benzene rings is 3. The molecule has 3 N–H and O–H groups in total. The first kappa shape index (κ1) is 59.5. The Kier molecular flexibility index (Phi) is 26.5. The molecule has 1 aliphatic rings. The Morgan fingerprint density at radius 3 is 1.11 bits per heavy atom. The third kappa shape index (κ3) is 18.5. The quantitative estimate of drug-likeness (QED) is 0.0240. The summed E-state index contributed by atoms with van der Waals surface area (Å²) in [6, 6.07) is 6.97. The van der Waals surface area contributed by atoms with E-state index >= 15 is 0 Å². The van der Waals surface area contributed by atoms with Gasteiger partial charge in [0.2, 0.25) is 0 Å². The first-order valence-electron chi connectivity index (χ1n) is 26.0. The lowest BCUT2D eigenvalue weighted by Gasteiger charge is -2.25. The molecule has 19 heteroatoms. The lowest BCUT2D eigenvalue weighted by atomic mass is 10.1. The van der Waals surface area contributed by atoms with Gasteiger partial charge in [0.1, 0.15) is 26.1 Å². The Hall–Kier alpha value is -7.05. The number of unbranched alkanes of at least 4 members (excludes halogenated alkanes) is 6. The van der Waals surface area contributed by atoms with Gasteiger partial charge in [0.25, 0.3) is 17.7 Å². The topological polar surface area (TPSA) is 239 Å². The molecule has 3 aromatic carbocycles. The summed E-state index contributed by atoms with van der Waals surface area (Å²) in [5.74, 6) is -5.09. The molecule has 0 bridgehead atoms. The van der Waals surface area contributed by atoms with Crippen molar-refractivity contribution in [3.63, 3.8) is 0 Å². The number of nitrogens with one attached hydrogen (secondary N) is 3. The Balaban J connectivity index is 1.76. The van der Waals surface area contributed by atoms with Crippen LogP contribution in [0, 0.1) is 0 Å². The van der Waals surface area contributed by atoms with Crippen molar-refractivity contribution in [3.8, 4) is 34.5 Å². The van der Waals surface area contributed by atoms with Crippen LogP contribution in [0.2, 0.25) is 0 Å². The fourth-order valence-corrected chi connectivity index (χ4v) is 6.98. The number of aldehydes is 1. The van der Waals surface area contributed by atoms with E-state index < -0.39 is 73.6 Å². The summed E-state index contributed by atoms with van der Waals surface area (Å²) in [6.45, 7) is 11.1.